The molecule has 0 heterocycles. The number of methoxy groups -OCH3 is 1. The van der Waals surface area contributed by atoms with Gasteiger partial charge in [0.15, 0.2) is 11.6 Å². The third-order valence-electron chi connectivity index (χ3n) is 2.78. The van der Waals surface area contributed by atoms with Crippen LogP contribution >= 0.6 is 31.9 Å². The minimum Gasteiger partial charge on any atom is -0.496 e. The first-order chi connectivity index (χ1) is 9.43. The van der Waals surface area contributed by atoms with E-state index in [0.29, 0.717) is 21.9 Å². The number of halogens is 5. The van der Waals surface area contributed by atoms with Crippen LogP contribution in [-0.2, 0) is 0 Å². The van der Waals surface area contributed by atoms with Gasteiger partial charge in [-0.2, -0.15) is 0 Å². The summed E-state index contributed by atoms with van der Waals surface area (Å²) >= 11 is 6.61. The molecule has 0 saturated heterocycles. The van der Waals surface area contributed by atoms with E-state index >= 15 is 0 Å². The van der Waals surface area contributed by atoms with Gasteiger partial charge in [-0.3, -0.25) is 0 Å². The maximum atomic E-state index is 13.7. The fourth-order valence-corrected chi connectivity index (χ4v) is 2.95. The molecule has 0 saturated carbocycles. The number of alkyl halides is 1. The van der Waals surface area contributed by atoms with Gasteiger partial charge in [-0.1, -0.05) is 22.0 Å². The van der Waals surface area contributed by atoms with Crippen LogP contribution in [0.1, 0.15) is 16.0 Å². The van der Waals surface area contributed by atoms with E-state index in [1.807, 2.05) is 0 Å². The highest BCUT2D eigenvalue weighted by atomic mass is 79.9. The fraction of sp³-hybridized carbons (Fsp3) is 0.143. The van der Waals surface area contributed by atoms with Crippen LogP contribution in [0.3, 0.4) is 0 Å². The molecule has 0 bridgehead atoms. The zero-order valence-electron chi connectivity index (χ0n) is 10.3. The van der Waals surface area contributed by atoms with Crippen molar-refractivity contribution in [2.75, 3.05) is 7.11 Å². The van der Waals surface area contributed by atoms with Crippen LogP contribution in [0.25, 0.3) is 0 Å². The molecule has 1 nitrogen and oxygen atoms in total. The van der Waals surface area contributed by atoms with Gasteiger partial charge in [0.2, 0.25) is 0 Å². The molecule has 2 aromatic carbocycles. The van der Waals surface area contributed by atoms with Crippen molar-refractivity contribution in [3.05, 3.63) is 63.4 Å². The van der Waals surface area contributed by atoms with Crippen LogP contribution in [0.4, 0.5) is 13.2 Å². The van der Waals surface area contributed by atoms with Crippen molar-refractivity contribution in [2.24, 2.45) is 0 Å². The highest BCUT2D eigenvalue weighted by molar-refractivity contribution is 9.10. The summed E-state index contributed by atoms with van der Waals surface area (Å²) in [6.45, 7) is 0. The van der Waals surface area contributed by atoms with Crippen molar-refractivity contribution in [2.45, 2.75) is 4.83 Å². The van der Waals surface area contributed by atoms with E-state index in [2.05, 4.69) is 31.9 Å². The SMILES string of the molecule is COc1ccc(C(Br)c2cc(F)c(F)cc2F)cc1Br. The van der Waals surface area contributed by atoms with Crippen LogP contribution in [0, 0.1) is 17.5 Å². The van der Waals surface area contributed by atoms with E-state index in [-0.39, 0.29) is 5.56 Å². The van der Waals surface area contributed by atoms with Gasteiger partial charge in [0.1, 0.15) is 11.6 Å². The zero-order chi connectivity index (χ0) is 14.9. The lowest BCUT2D eigenvalue weighted by atomic mass is 10.0. The molecule has 6 heteroatoms. The van der Waals surface area contributed by atoms with E-state index < -0.39 is 22.3 Å². The topological polar surface area (TPSA) is 9.23 Å². The van der Waals surface area contributed by atoms with Crippen molar-refractivity contribution in [1.82, 2.24) is 0 Å². The van der Waals surface area contributed by atoms with Gasteiger partial charge in [0.05, 0.1) is 16.4 Å². The minimum atomic E-state index is -1.21. The molecular formula is C14H9Br2F3O. The Morgan fingerprint density at radius 2 is 1.65 bits per heavy atom. The maximum absolute atomic E-state index is 13.7. The standard InChI is InChI=1S/C14H9Br2F3O/c1-20-13-3-2-7(4-9(13)15)14(16)8-5-11(18)12(19)6-10(8)17/h2-6,14H,1H3. The summed E-state index contributed by atoms with van der Waals surface area (Å²) in [6, 6.07) is 6.52. The van der Waals surface area contributed by atoms with E-state index in [1.54, 1.807) is 18.2 Å². The first-order valence-corrected chi connectivity index (χ1v) is 7.27. The lowest BCUT2D eigenvalue weighted by Gasteiger charge is -2.14. The summed E-state index contributed by atoms with van der Waals surface area (Å²) in [5, 5.41) is 0. The van der Waals surface area contributed by atoms with E-state index in [1.165, 1.54) is 7.11 Å². The van der Waals surface area contributed by atoms with Gasteiger partial charge in [0, 0.05) is 11.6 Å². The molecule has 20 heavy (non-hydrogen) atoms. The third kappa shape index (κ3) is 3.01. The van der Waals surface area contributed by atoms with Gasteiger partial charge < -0.3 is 4.74 Å². The van der Waals surface area contributed by atoms with Gasteiger partial charge in [-0.25, -0.2) is 13.2 Å². The molecule has 0 aliphatic heterocycles. The van der Waals surface area contributed by atoms with Crippen LogP contribution in [-0.4, -0.2) is 7.11 Å². The fourth-order valence-electron chi connectivity index (χ4n) is 1.75. The summed E-state index contributed by atoms with van der Waals surface area (Å²) < 4.78 is 45.7. The predicted octanol–water partition coefficient (Wildman–Crippen LogP) is 5.36. The number of ether oxygens (including phenoxy) is 1. The molecule has 106 valence electrons. The quantitative estimate of drug-likeness (QED) is 0.489. The number of benzene rings is 2. The van der Waals surface area contributed by atoms with Crippen molar-refractivity contribution >= 4 is 31.9 Å². The van der Waals surface area contributed by atoms with Crippen LogP contribution in [0.2, 0.25) is 0 Å². The second-order valence-electron chi connectivity index (χ2n) is 4.04. The van der Waals surface area contributed by atoms with Gasteiger partial charge in [-0.05, 0) is 39.7 Å². The first kappa shape index (κ1) is 15.4. The van der Waals surface area contributed by atoms with Crippen LogP contribution in [0.5, 0.6) is 5.75 Å². The molecule has 0 spiro atoms. The van der Waals surface area contributed by atoms with Crippen molar-refractivity contribution in [3.8, 4) is 5.75 Å². The molecule has 0 aliphatic carbocycles. The molecule has 0 radical (unpaired) electrons. The van der Waals surface area contributed by atoms with Gasteiger partial charge in [-0.15, -0.1) is 0 Å². The highest BCUT2D eigenvalue weighted by Crippen LogP contribution is 2.36. The lowest BCUT2D eigenvalue weighted by molar-refractivity contribution is 0.412. The molecule has 2 rings (SSSR count). The molecule has 0 N–H and O–H groups in total. The molecular weight excluding hydrogens is 401 g/mol. The summed E-state index contributed by atoms with van der Waals surface area (Å²) in [4.78, 5) is -0.597. The molecule has 0 aliphatic rings. The summed E-state index contributed by atoms with van der Waals surface area (Å²) in [5.41, 5.74) is 0.712. The Kier molecular flexibility index (Phi) is 4.75. The Morgan fingerprint density at radius 3 is 2.25 bits per heavy atom. The number of rotatable bonds is 3. The molecule has 0 fully saturated rings. The third-order valence-corrected chi connectivity index (χ3v) is 4.42. The molecule has 1 unspecified atom stereocenters. The van der Waals surface area contributed by atoms with Crippen LogP contribution in [0.15, 0.2) is 34.8 Å². The smallest absolute Gasteiger partial charge is 0.161 e. The second-order valence-corrected chi connectivity index (χ2v) is 5.81. The van der Waals surface area contributed by atoms with Crippen molar-refractivity contribution in [3.63, 3.8) is 0 Å². The van der Waals surface area contributed by atoms with Gasteiger partial charge >= 0.3 is 0 Å². The summed E-state index contributed by atoms with van der Waals surface area (Å²) in [5.74, 6) is -2.47. The normalized spacial score (nSPS) is 12.3. The Labute approximate surface area is 131 Å². The Hall–Kier alpha value is -1.01. The maximum Gasteiger partial charge on any atom is 0.161 e. The molecule has 2 aromatic rings. The Morgan fingerprint density at radius 1 is 1.00 bits per heavy atom. The average Bonchev–Trinajstić information content (AvgIpc) is 2.42. The Balaban J connectivity index is 2.43. The Bertz CT molecular complexity index is 647. The number of hydrogen-bond acceptors (Lipinski definition) is 1. The number of hydrogen-bond donors (Lipinski definition) is 0. The van der Waals surface area contributed by atoms with Crippen LogP contribution < -0.4 is 4.74 Å². The van der Waals surface area contributed by atoms with E-state index in [9.17, 15) is 13.2 Å². The minimum absolute atomic E-state index is 0.0287. The largest absolute Gasteiger partial charge is 0.496 e. The lowest BCUT2D eigenvalue weighted by Crippen LogP contribution is -2.00. The zero-order valence-corrected chi connectivity index (χ0v) is 13.4. The molecule has 0 aromatic heterocycles. The van der Waals surface area contributed by atoms with E-state index in [0.717, 1.165) is 6.07 Å². The molecule has 0 amide bonds. The average molecular weight is 410 g/mol. The van der Waals surface area contributed by atoms with Crippen molar-refractivity contribution < 1.29 is 17.9 Å². The monoisotopic (exact) mass is 408 g/mol. The summed E-state index contributed by atoms with van der Waals surface area (Å²) in [7, 11) is 1.53. The highest BCUT2D eigenvalue weighted by Gasteiger charge is 2.19. The first-order valence-electron chi connectivity index (χ1n) is 5.56. The van der Waals surface area contributed by atoms with E-state index in [4.69, 9.17) is 4.74 Å². The molecule has 1 atom stereocenters. The second kappa shape index (κ2) is 6.18. The predicted molar refractivity (Wildman–Crippen MR) is 77.8 cm³/mol. The van der Waals surface area contributed by atoms with Crippen molar-refractivity contribution in [1.29, 1.82) is 0 Å². The summed E-state index contributed by atoms with van der Waals surface area (Å²) in [6.07, 6.45) is 0. The van der Waals surface area contributed by atoms with Gasteiger partial charge in [0.25, 0.3) is 0 Å².